The number of nitrogens with two attached hydrogens (primary N) is 1. The van der Waals surface area contributed by atoms with Crippen molar-refractivity contribution in [3.8, 4) is 0 Å². The first-order chi connectivity index (χ1) is 9.35. The third-order valence-electron chi connectivity index (χ3n) is 3.41. The Morgan fingerprint density at radius 1 is 1.16 bits per heavy atom. The largest absolute Gasteiger partial charge is 0.468 e. The molecular weight excluding hydrogens is 236 g/mol. The number of benzene rings is 1. The Kier molecular flexibility index (Phi) is 5.19. The fourth-order valence-electron chi connectivity index (χ4n) is 2.44. The lowest BCUT2D eigenvalue weighted by Crippen LogP contribution is -2.29. The molecule has 0 spiro atoms. The molecule has 1 atom stereocenters. The second-order valence-electron chi connectivity index (χ2n) is 4.65. The molecule has 3 heteroatoms. The van der Waals surface area contributed by atoms with Gasteiger partial charge in [0.25, 0.3) is 0 Å². The second-order valence-corrected chi connectivity index (χ2v) is 4.65. The van der Waals surface area contributed by atoms with Crippen LogP contribution in [0.3, 0.4) is 0 Å². The Balaban J connectivity index is 2.16. The first-order valence-corrected chi connectivity index (χ1v) is 6.86. The highest BCUT2D eigenvalue weighted by molar-refractivity contribution is 5.19. The molecule has 2 aromatic rings. The summed E-state index contributed by atoms with van der Waals surface area (Å²) < 4.78 is 5.46. The fraction of sp³-hybridized carbons (Fsp3) is 0.375. The number of rotatable bonds is 7. The summed E-state index contributed by atoms with van der Waals surface area (Å²) in [5.74, 6) is 1.000. The molecule has 0 radical (unpaired) electrons. The van der Waals surface area contributed by atoms with Crippen LogP contribution in [-0.2, 0) is 6.54 Å². The highest BCUT2D eigenvalue weighted by Gasteiger charge is 2.19. The summed E-state index contributed by atoms with van der Waals surface area (Å²) in [4.78, 5) is 2.40. The Hall–Kier alpha value is -1.58. The zero-order valence-corrected chi connectivity index (χ0v) is 11.5. The van der Waals surface area contributed by atoms with E-state index >= 15 is 0 Å². The van der Waals surface area contributed by atoms with Crippen molar-refractivity contribution in [2.45, 2.75) is 25.9 Å². The normalized spacial score (nSPS) is 12.8. The summed E-state index contributed by atoms with van der Waals surface area (Å²) in [6, 6.07) is 14.9. The topological polar surface area (TPSA) is 42.4 Å². The lowest BCUT2D eigenvalue weighted by atomic mass is 10.0. The third kappa shape index (κ3) is 3.69. The van der Waals surface area contributed by atoms with Crippen LogP contribution in [0.5, 0.6) is 0 Å². The molecule has 0 aliphatic carbocycles. The molecule has 1 heterocycles. The van der Waals surface area contributed by atoms with Crippen molar-refractivity contribution in [1.29, 1.82) is 0 Å². The molecule has 0 saturated heterocycles. The van der Waals surface area contributed by atoms with E-state index in [0.717, 1.165) is 25.3 Å². The van der Waals surface area contributed by atoms with Gasteiger partial charge < -0.3 is 10.2 Å². The molecule has 19 heavy (non-hydrogen) atoms. The smallest absolute Gasteiger partial charge is 0.117 e. The highest BCUT2D eigenvalue weighted by atomic mass is 16.3. The molecule has 1 unspecified atom stereocenters. The minimum absolute atomic E-state index is 0.348. The van der Waals surface area contributed by atoms with E-state index in [9.17, 15) is 0 Å². The number of nitrogens with zero attached hydrogens (tertiary/aromatic N) is 1. The molecule has 2 rings (SSSR count). The molecule has 0 amide bonds. The van der Waals surface area contributed by atoms with Gasteiger partial charge in [-0.3, -0.25) is 4.90 Å². The molecule has 0 bridgehead atoms. The Morgan fingerprint density at radius 2 is 1.95 bits per heavy atom. The summed E-state index contributed by atoms with van der Waals surface area (Å²) in [6.07, 6.45) is 2.68. The monoisotopic (exact) mass is 258 g/mol. The van der Waals surface area contributed by atoms with E-state index in [0.29, 0.717) is 12.6 Å². The first-order valence-electron chi connectivity index (χ1n) is 6.86. The van der Waals surface area contributed by atoms with Gasteiger partial charge in [0.05, 0.1) is 12.8 Å². The molecule has 102 valence electrons. The summed E-state index contributed by atoms with van der Waals surface area (Å²) in [6.45, 7) is 4.66. The van der Waals surface area contributed by atoms with Crippen LogP contribution in [0.25, 0.3) is 0 Å². The predicted molar refractivity (Wildman–Crippen MR) is 77.6 cm³/mol. The molecular formula is C16H22N2O. The van der Waals surface area contributed by atoms with E-state index in [1.54, 1.807) is 6.26 Å². The average Bonchev–Trinajstić information content (AvgIpc) is 2.96. The van der Waals surface area contributed by atoms with Crippen LogP contribution < -0.4 is 5.73 Å². The van der Waals surface area contributed by atoms with Crippen LogP contribution >= 0.6 is 0 Å². The number of hydrogen-bond donors (Lipinski definition) is 1. The molecule has 0 aliphatic rings. The van der Waals surface area contributed by atoms with Gasteiger partial charge in [-0.05, 0) is 37.2 Å². The molecule has 3 nitrogen and oxygen atoms in total. The molecule has 1 aromatic carbocycles. The van der Waals surface area contributed by atoms with Gasteiger partial charge in [0.2, 0.25) is 0 Å². The van der Waals surface area contributed by atoms with Gasteiger partial charge in [-0.1, -0.05) is 37.3 Å². The molecule has 1 aromatic heterocycles. The summed E-state index contributed by atoms with van der Waals surface area (Å²) in [5.41, 5.74) is 7.10. The van der Waals surface area contributed by atoms with Gasteiger partial charge in [0, 0.05) is 6.04 Å². The van der Waals surface area contributed by atoms with Crippen molar-refractivity contribution >= 4 is 0 Å². The van der Waals surface area contributed by atoms with Gasteiger partial charge in [-0.25, -0.2) is 0 Å². The van der Waals surface area contributed by atoms with E-state index in [1.807, 2.05) is 18.2 Å². The van der Waals surface area contributed by atoms with Crippen molar-refractivity contribution < 1.29 is 4.42 Å². The maximum atomic E-state index is 5.78. The average molecular weight is 258 g/mol. The Bertz CT molecular complexity index is 453. The Labute approximate surface area is 115 Å². The zero-order chi connectivity index (χ0) is 13.5. The van der Waals surface area contributed by atoms with E-state index in [2.05, 4.69) is 36.1 Å². The van der Waals surface area contributed by atoms with Crippen LogP contribution in [-0.4, -0.2) is 18.0 Å². The quantitative estimate of drug-likeness (QED) is 0.829. The third-order valence-corrected chi connectivity index (χ3v) is 3.41. The lowest BCUT2D eigenvalue weighted by Gasteiger charge is -2.30. The fourth-order valence-corrected chi connectivity index (χ4v) is 2.44. The lowest BCUT2D eigenvalue weighted by molar-refractivity contribution is 0.176. The first kappa shape index (κ1) is 13.8. The highest BCUT2D eigenvalue weighted by Crippen LogP contribution is 2.25. The van der Waals surface area contributed by atoms with Crippen LogP contribution in [0.2, 0.25) is 0 Å². The Morgan fingerprint density at radius 3 is 2.53 bits per heavy atom. The summed E-state index contributed by atoms with van der Waals surface area (Å²) in [5, 5.41) is 0. The van der Waals surface area contributed by atoms with E-state index < -0.39 is 0 Å². The molecule has 0 fully saturated rings. The predicted octanol–water partition coefficient (Wildman–Crippen LogP) is 3.19. The van der Waals surface area contributed by atoms with E-state index in [-0.39, 0.29) is 0 Å². The standard InChI is InChI=1S/C16H22N2O/c1-2-18(13-15-9-6-12-19-15)16(10-11-17)14-7-4-3-5-8-14/h3-9,12,16H,2,10-11,13,17H2,1H3. The maximum absolute atomic E-state index is 5.78. The van der Waals surface area contributed by atoms with Crippen molar-refractivity contribution in [3.05, 3.63) is 60.1 Å². The van der Waals surface area contributed by atoms with E-state index in [4.69, 9.17) is 10.2 Å². The number of hydrogen-bond acceptors (Lipinski definition) is 3. The van der Waals surface area contributed by atoms with Crippen LogP contribution in [0.15, 0.2) is 53.1 Å². The van der Waals surface area contributed by atoms with Gasteiger partial charge in [-0.2, -0.15) is 0 Å². The van der Waals surface area contributed by atoms with Crippen molar-refractivity contribution in [2.75, 3.05) is 13.1 Å². The van der Waals surface area contributed by atoms with Gasteiger partial charge in [0.1, 0.15) is 5.76 Å². The summed E-state index contributed by atoms with van der Waals surface area (Å²) >= 11 is 0. The molecule has 0 aliphatic heterocycles. The van der Waals surface area contributed by atoms with Gasteiger partial charge >= 0.3 is 0 Å². The van der Waals surface area contributed by atoms with Crippen molar-refractivity contribution in [1.82, 2.24) is 4.90 Å². The zero-order valence-electron chi connectivity index (χ0n) is 11.5. The summed E-state index contributed by atoms with van der Waals surface area (Å²) in [7, 11) is 0. The van der Waals surface area contributed by atoms with Gasteiger partial charge in [0.15, 0.2) is 0 Å². The maximum Gasteiger partial charge on any atom is 0.117 e. The van der Waals surface area contributed by atoms with E-state index in [1.165, 1.54) is 5.56 Å². The minimum atomic E-state index is 0.348. The molecule has 0 saturated carbocycles. The van der Waals surface area contributed by atoms with Gasteiger partial charge in [-0.15, -0.1) is 0 Å². The molecule has 2 N–H and O–H groups in total. The van der Waals surface area contributed by atoms with Crippen LogP contribution in [0.4, 0.5) is 0 Å². The van der Waals surface area contributed by atoms with Crippen molar-refractivity contribution in [2.24, 2.45) is 5.73 Å². The van der Waals surface area contributed by atoms with Crippen molar-refractivity contribution in [3.63, 3.8) is 0 Å². The minimum Gasteiger partial charge on any atom is -0.468 e. The second kappa shape index (κ2) is 7.12. The van der Waals surface area contributed by atoms with Crippen LogP contribution in [0, 0.1) is 0 Å². The SMILES string of the molecule is CCN(Cc1ccco1)C(CCN)c1ccccc1. The number of furan rings is 1. The van der Waals surface area contributed by atoms with Crippen LogP contribution in [0.1, 0.15) is 30.7 Å².